The predicted molar refractivity (Wildman–Crippen MR) is 31.4 cm³/mol. The average molecular weight is 162 g/mol. The van der Waals surface area contributed by atoms with Crippen LogP contribution in [-0.2, 0) is 0 Å². The molecule has 0 saturated carbocycles. The molecule has 6 N–H and O–H groups in total. The number of primary amides is 1. The van der Waals surface area contributed by atoms with Crippen molar-refractivity contribution in [3.63, 3.8) is 0 Å². The number of amides is 3. The maximum absolute atomic E-state index is 9.69. The van der Waals surface area contributed by atoms with E-state index in [4.69, 9.17) is 15.5 Å². The van der Waals surface area contributed by atoms with Gasteiger partial charge in [-0.2, -0.15) is 5.26 Å². The highest BCUT2D eigenvalue weighted by atomic mass is 16.4. The summed E-state index contributed by atoms with van der Waals surface area (Å²) in [7, 11) is 0. The normalized spacial score (nSPS) is 6.09. The molecule has 0 aliphatic heterocycles. The van der Waals surface area contributed by atoms with E-state index in [9.17, 15) is 9.59 Å². The Bertz CT molecular complexity index is 159. The molecule has 0 unspecified atom stereocenters. The molecular weight excluding hydrogens is 156 g/mol. The molecule has 0 aromatic carbocycles. The lowest BCUT2D eigenvalue weighted by atomic mass is 11.1. The van der Waals surface area contributed by atoms with Crippen molar-refractivity contribution in [3.05, 3.63) is 0 Å². The Morgan fingerprint density at radius 3 is 1.91 bits per heavy atom. The lowest BCUT2D eigenvalue weighted by molar-refractivity contribution is 0.188. The number of nitrogens with one attached hydrogen (secondary N) is 2. The molecule has 0 bridgehead atoms. The molecule has 62 valence electrons. The second kappa shape index (κ2) is 7.83. The van der Waals surface area contributed by atoms with Crippen LogP contribution in [0.15, 0.2) is 0 Å². The van der Waals surface area contributed by atoms with Crippen LogP contribution in [0.2, 0.25) is 0 Å². The first kappa shape index (κ1) is 11.6. The van der Waals surface area contributed by atoms with Gasteiger partial charge in [0.1, 0.15) is 0 Å². The minimum atomic E-state index is -1.36. The van der Waals surface area contributed by atoms with Crippen LogP contribution in [0.5, 0.6) is 0 Å². The standard InChI is InChI=1S/C2H5N3O3.CHNO/c3-1(6)4-5-2(7)8;2-1-3/h5H,(H,7,8)(H3,3,4,6);3H. The molecule has 0 fully saturated rings. The Balaban J connectivity index is 0. The number of carboxylic acid groups (broad SMARTS) is 1. The van der Waals surface area contributed by atoms with Crippen LogP contribution in [0.3, 0.4) is 0 Å². The summed E-state index contributed by atoms with van der Waals surface area (Å²) < 4.78 is 0. The van der Waals surface area contributed by atoms with Gasteiger partial charge in [0, 0.05) is 0 Å². The second-order valence-electron chi connectivity index (χ2n) is 1.02. The highest BCUT2D eigenvalue weighted by molar-refractivity contribution is 5.75. The van der Waals surface area contributed by atoms with Crippen molar-refractivity contribution >= 4 is 12.1 Å². The summed E-state index contributed by atoms with van der Waals surface area (Å²) in [6.07, 6.45) is -0.608. The zero-order valence-corrected chi connectivity index (χ0v) is 5.24. The molecule has 8 nitrogen and oxygen atoms in total. The number of nitrogens with zero attached hydrogens (tertiary/aromatic N) is 1. The minimum absolute atomic E-state index is 0.750. The molecule has 0 aliphatic carbocycles. The first-order valence-corrected chi connectivity index (χ1v) is 2.12. The summed E-state index contributed by atoms with van der Waals surface area (Å²) in [5, 5.41) is 21.5. The van der Waals surface area contributed by atoms with Crippen molar-refractivity contribution in [3.8, 4) is 6.26 Å². The van der Waals surface area contributed by atoms with Crippen LogP contribution in [-0.4, -0.2) is 22.3 Å². The summed E-state index contributed by atoms with van der Waals surface area (Å²) in [5.41, 5.74) is 7.64. The van der Waals surface area contributed by atoms with Gasteiger partial charge in [-0.15, -0.1) is 0 Å². The second-order valence-corrected chi connectivity index (χ2v) is 1.02. The molecule has 0 aromatic heterocycles. The molecule has 0 aliphatic rings. The summed E-state index contributed by atoms with van der Waals surface area (Å²) in [4.78, 5) is 19.2. The predicted octanol–water partition coefficient (Wildman–Crippen LogP) is -1.32. The fourth-order valence-electron chi connectivity index (χ4n) is 0.115. The van der Waals surface area contributed by atoms with E-state index in [-0.39, 0.29) is 0 Å². The van der Waals surface area contributed by atoms with E-state index >= 15 is 0 Å². The summed E-state index contributed by atoms with van der Waals surface area (Å²) >= 11 is 0. The lowest BCUT2D eigenvalue weighted by Gasteiger charge is -1.95. The quantitative estimate of drug-likeness (QED) is 0.221. The van der Waals surface area contributed by atoms with E-state index in [1.54, 1.807) is 5.43 Å². The maximum Gasteiger partial charge on any atom is 0.423 e. The fourth-order valence-corrected chi connectivity index (χ4v) is 0.115. The van der Waals surface area contributed by atoms with Gasteiger partial charge in [0.25, 0.3) is 6.26 Å². The van der Waals surface area contributed by atoms with Crippen molar-refractivity contribution in [2.75, 3.05) is 0 Å². The monoisotopic (exact) mass is 162 g/mol. The van der Waals surface area contributed by atoms with Gasteiger partial charge in [-0.3, -0.25) is 0 Å². The zero-order valence-electron chi connectivity index (χ0n) is 5.24. The minimum Gasteiger partial charge on any atom is -0.464 e. The van der Waals surface area contributed by atoms with E-state index < -0.39 is 12.1 Å². The van der Waals surface area contributed by atoms with Crippen LogP contribution in [0, 0.1) is 11.5 Å². The third kappa shape index (κ3) is 33.2. The van der Waals surface area contributed by atoms with Crippen molar-refractivity contribution in [1.29, 1.82) is 5.26 Å². The van der Waals surface area contributed by atoms with Gasteiger partial charge in [-0.1, -0.05) is 0 Å². The van der Waals surface area contributed by atoms with Gasteiger partial charge in [-0.05, 0) is 0 Å². The number of urea groups is 1. The van der Waals surface area contributed by atoms with E-state index in [0.717, 1.165) is 6.26 Å². The lowest BCUT2D eigenvalue weighted by Crippen LogP contribution is -2.43. The SMILES string of the molecule is N#CO.NC(=O)NNC(=O)O. The van der Waals surface area contributed by atoms with Gasteiger partial charge < -0.3 is 15.9 Å². The Morgan fingerprint density at radius 1 is 1.45 bits per heavy atom. The van der Waals surface area contributed by atoms with Crippen LogP contribution < -0.4 is 16.6 Å². The summed E-state index contributed by atoms with van der Waals surface area (Å²) in [6, 6.07) is -0.938. The van der Waals surface area contributed by atoms with E-state index in [1.165, 1.54) is 5.43 Å². The Hall–Kier alpha value is -2.17. The first-order chi connectivity index (χ1) is 5.04. The number of aliphatic hydroxyl groups is 1. The van der Waals surface area contributed by atoms with E-state index in [1.807, 2.05) is 0 Å². The first-order valence-electron chi connectivity index (χ1n) is 2.12. The smallest absolute Gasteiger partial charge is 0.423 e. The number of nitriles is 1. The Morgan fingerprint density at radius 2 is 1.82 bits per heavy atom. The Kier molecular flexibility index (Phi) is 8.26. The molecule has 3 amide bonds. The van der Waals surface area contributed by atoms with Crippen molar-refractivity contribution in [2.24, 2.45) is 5.73 Å². The zero-order chi connectivity index (χ0) is 9.28. The number of hydrogen-bond donors (Lipinski definition) is 5. The molecule has 0 saturated heterocycles. The van der Waals surface area contributed by atoms with Crippen molar-refractivity contribution in [2.45, 2.75) is 0 Å². The van der Waals surface area contributed by atoms with Crippen molar-refractivity contribution in [1.82, 2.24) is 10.9 Å². The molecule has 11 heavy (non-hydrogen) atoms. The number of rotatable bonds is 0. The molecule has 0 rings (SSSR count). The number of hydrazine groups is 1. The van der Waals surface area contributed by atoms with Crippen LogP contribution in [0.1, 0.15) is 0 Å². The number of hydrogen-bond acceptors (Lipinski definition) is 4. The maximum atomic E-state index is 9.69. The topological polar surface area (TPSA) is 148 Å². The number of carbonyl (C=O) groups excluding carboxylic acids is 1. The third-order valence-corrected chi connectivity index (χ3v) is 0.293. The largest absolute Gasteiger partial charge is 0.464 e. The van der Waals surface area contributed by atoms with Gasteiger partial charge in [0.15, 0.2) is 0 Å². The molecular formula is C3H6N4O4. The van der Waals surface area contributed by atoms with Gasteiger partial charge in [0.2, 0.25) is 0 Å². The highest BCUT2D eigenvalue weighted by Gasteiger charge is 1.92. The number of nitrogens with two attached hydrogens (primary N) is 1. The van der Waals surface area contributed by atoms with Crippen LogP contribution in [0.4, 0.5) is 9.59 Å². The van der Waals surface area contributed by atoms with Crippen LogP contribution >= 0.6 is 0 Å². The molecule has 0 radical (unpaired) electrons. The van der Waals surface area contributed by atoms with Gasteiger partial charge >= 0.3 is 12.1 Å². The van der Waals surface area contributed by atoms with Gasteiger partial charge in [0.05, 0.1) is 0 Å². The number of carbonyl (C=O) groups is 2. The highest BCUT2D eigenvalue weighted by Crippen LogP contribution is 1.52. The summed E-state index contributed by atoms with van der Waals surface area (Å²) in [6.45, 7) is 0. The van der Waals surface area contributed by atoms with Crippen LogP contribution in [0.25, 0.3) is 0 Å². The molecule has 0 aromatic rings. The summed E-state index contributed by atoms with van der Waals surface area (Å²) in [5.74, 6) is 0. The molecule has 0 atom stereocenters. The average Bonchev–Trinajstić information content (AvgIpc) is 1.85. The van der Waals surface area contributed by atoms with E-state index in [0.29, 0.717) is 0 Å². The third-order valence-electron chi connectivity index (χ3n) is 0.293. The molecule has 0 spiro atoms. The van der Waals surface area contributed by atoms with Gasteiger partial charge in [-0.25, -0.2) is 20.4 Å². The number of aliphatic hydroxyl groups excluding tert-OH is 1. The van der Waals surface area contributed by atoms with Crippen molar-refractivity contribution < 1.29 is 19.8 Å². The molecule has 8 heteroatoms. The fraction of sp³-hybridized carbons (Fsp3) is 0. The van der Waals surface area contributed by atoms with E-state index in [2.05, 4.69) is 5.73 Å². The molecule has 0 heterocycles. The Labute approximate surface area is 61.2 Å².